The predicted molar refractivity (Wildman–Crippen MR) is 92.6 cm³/mol. The normalized spacial score (nSPS) is 12.4. The molecule has 106 valence electrons. The van der Waals surface area contributed by atoms with Gasteiger partial charge in [-0.15, -0.1) is 11.8 Å². The summed E-state index contributed by atoms with van der Waals surface area (Å²) in [7, 11) is 1.97. The minimum absolute atomic E-state index is 0.363. The van der Waals surface area contributed by atoms with Crippen LogP contribution in [0.1, 0.15) is 24.1 Å². The summed E-state index contributed by atoms with van der Waals surface area (Å²) in [6.07, 6.45) is 0. The Kier molecular flexibility index (Phi) is 5.97. The third-order valence-electron chi connectivity index (χ3n) is 3.20. The Morgan fingerprint density at radius 3 is 2.50 bits per heavy atom. The topological polar surface area (TPSA) is 12.0 Å². The molecule has 2 aromatic rings. The molecule has 0 saturated heterocycles. The summed E-state index contributed by atoms with van der Waals surface area (Å²) in [5.74, 6) is 0.941. The zero-order valence-electron chi connectivity index (χ0n) is 11.5. The van der Waals surface area contributed by atoms with Gasteiger partial charge in [0.05, 0.1) is 0 Å². The zero-order chi connectivity index (χ0) is 14.5. The Balaban J connectivity index is 2.04. The first-order valence-corrected chi connectivity index (χ1v) is 8.59. The summed E-state index contributed by atoms with van der Waals surface area (Å²) >= 11 is 11.4. The lowest BCUT2D eigenvalue weighted by Gasteiger charge is -2.13. The number of rotatable bonds is 5. The average Bonchev–Trinajstić information content (AvgIpc) is 2.46. The minimum Gasteiger partial charge on any atom is -0.313 e. The summed E-state index contributed by atoms with van der Waals surface area (Å²) in [6.45, 7) is 2.16. The molecule has 0 aliphatic rings. The van der Waals surface area contributed by atoms with Crippen LogP contribution >= 0.6 is 39.3 Å². The number of hydrogen-bond donors (Lipinski definition) is 1. The van der Waals surface area contributed by atoms with Crippen molar-refractivity contribution >= 4 is 39.3 Å². The van der Waals surface area contributed by atoms with Gasteiger partial charge in [-0.05, 0) is 65.3 Å². The summed E-state index contributed by atoms with van der Waals surface area (Å²) in [4.78, 5) is 1.26. The molecule has 2 rings (SSSR count). The van der Waals surface area contributed by atoms with E-state index in [0.717, 1.165) is 15.2 Å². The van der Waals surface area contributed by atoms with Crippen LogP contribution in [0.2, 0.25) is 5.02 Å². The van der Waals surface area contributed by atoms with Crippen molar-refractivity contribution in [3.8, 4) is 0 Å². The molecule has 0 aromatic heterocycles. The fourth-order valence-corrected chi connectivity index (χ4v) is 3.55. The molecule has 0 saturated carbocycles. The highest BCUT2D eigenvalue weighted by Crippen LogP contribution is 2.32. The molecule has 0 aliphatic heterocycles. The maximum atomic E-state index is 5.89. The lowest BCUT2D eigenvalue weighted by Crippen LogP contribution is -2.12. The molecule has 0 aliphatic carbocycles. The van der Waals surface area contributed by atoms with Gasteiger partial charge in [-0.3, -0.25) is 0 Å². The van der Waals surface area contributed by atoms with E-state index in [-0.39, 0.29) is 0 Å². The lowest BCUT2D eigenvalue weighted by molar-refractivity contribution is 0.651. The minimum atomic E-state index is 0.363. The molecule has 20 heavy (non-hydrogen) atoms. The Labute approximate surface area is 138 Å². The number of benzene rings is 2. The van der Waals surface area contributed by atoms with Gasteiger partial charge in [0.1, 0.15) is 0 Å². The molecule has 1 nitrogen and oxygen atoms in total. The van der Waals surface area contributed by atoms with E-state index < -0.39 is 0 Å². The van der Waals surface area contributed by atoms with Crippen LogP contribution in [0.25, 0.3) is 0 Å². The summed E-state index contributed by atoms with van der Waals surface area (Å²) in [5.41, 5.74) is 2.56. The zero-order valence-corrected chi connectivity index (χ0v) is 14.6. The van der Waals surface area contributed by atoms with E-state index in [0.29, 0.717) is 6.04 Å². The average molecular weight is 371 g/mol. The van der Waals surface area contributed by atoms with E-state index in [1.165, 1.54) is 16.0 Å². The Hall–Kier alpha value is -0.480. The molecule has 1 N–H and O–H groups in total. The summed E-state index contributed by atoms with van der Waals surface area (Å²) in [5, 5.41) is 4.03. The second-order valence-electron chi connectivity index (χ2n) is 4.62. The maximum Gasteiger partial charge on any atom is 0.0406 e. The van der Waals surface area contributed by atoms with E-state index >= 15 is 0 Å². The van der Waals surface area contributed by atoms with Crippen molar-refractivity contribution in [2.75, 3.05) is 7.05 Å². The molecular formula is C16H17BrClNS. The molecule has 0 radical (unpaired) electrons. The Morgan fingerprint density at radius 2 is 1.90 bits per heavy atom. The number of halogens is 2. The molecular weight excluding hydrogens is 354 g/mol. The van der Waals surface area contributed by atoms with Crippen LogP contribution in [-0.2, 0) is 5.75 Å². The van der Waals surface area contributed by atoms with Crippen molar-refractivity contribution in [3.05, 3.63) is 63.1 Å². The van der Waals surface area contributed by atoms with Crippen LogP contribution in [0.15, 0.2) is 51.8 Å². The van der Waals surface area contributed by atoms with Crippen molar-refractivity contribution in [2.24, 2.45) is 0 Å². The maximum absolute atomic E-state index is 5.89. The van der Waals surface area contributed by atoms with Crippen molar-refractivity contribution < 1.29 is 0 Å². The van der Waals surface area contributed by atoms with Crippen molar-refractivity contribution in [2.45, 2.75) is 23.6 Å². The fourth-order valence-electron chi connectivity index (χ4n) is 1.81. The predicted octanol–water partition coefficient (Wildman–Crippen LogP) is 5.68. The molecule has 0 bridgehead atoms. The van der Waals surface area contributed by atoms with E-state index in [1.807, 2.05) is 30.9 Å². The molecule has 0 spiro atoms. The first kappa shape index (κ1) is 15.9. The molecule has 0 heterocycles. The van der Waals surface area contributed by atoms with E-state index in [2.05, 4.69) is 58.5 Å². The second-order valence-corrected chi connectivity index (χ2v) is 6.92. The van der Waals surface area contributed by atoms with Crippen LogP contribution in [0.5, 0.6) is 0 Å². The van der Waals surface area contributed by atoms with Crippen molar-refractivity contribution in [3.63, 3.8) is 0 Å². The largest absolute Gasteiger partial charge is 0.313 e. The van der Waals surface area contributed by atoms with E-state index in [1.54, 1.807) is 0 Å². The molecule has 1 atom stereocenters. The first-order valence-electron chi connectivity index (χ1n) is 6.44. The highest BCUT2D eigenvalue weighted by molar-refractivity contribution is 9.10. The Morgan fingerprint density at radius 1 is 1.20 bits per heavy atom. The monoisotopic (exact) mass is 369 g/mol. The third kappa shape index (κ3) is 4.26. The smallest absolute Gasteiger partial charge is 0.0406 e. The lowest BCUT2D eigenvalue weighted by atomic mass is 10.1. The standard InChI is InChI=1S/C16H17BrClNS/c1-11(19-2)13-5-8-16(15(17)9-13)20-10-12-3-6-14(18)7-4-12/h3-9,11,19H,10H2,1-2H3. The summed E-state index contributed by atoms with van der Waals surface area (Å²) in [6, 6.07) is 14.9. The van der Waals surface area contributed by atoms with E-state index in [4.69, 9.17) is 11.6 Å². The van der Waals surface area contributed by atoms with Gasteiger partial charge in [0.25, 0.3) is 0 Å². The van der Waals surface area contributed by atoms with Crippen LogP contribution < -0.4 is 5.32 Å². The highest BCUT2D eigenvalue weighted by Gasteiger charge is 2.07. The molecule has 0 amide bonds. The molecule has 0 fully saturated rings. The number of thioether (sulfide) groups is 1. The molecule has 4 heteroatoms. The van der Waals surface area contributed by atoms with Gasteiger partial charge in [0, 0.05) is 26.2 Å². The second kappa shape index (κ2) is 7.51. The van der Waals surface area contributed by atoms with Gasteiger partial charge in [0.15, 0.2) is 0 Å². The first-order chi connectivity index (χ1) is 9.60. The fraction of sp³-hybridized carbons (Fsp3) is 0.250. The quantitative estimate of drug-likeness (QED) is 0.680. The number of nitrogens with one attached hydrogen (secondary N) is 1. The van der Waals surface area contributed by atoms with Crippen molar-refractivity contribution in [1.82, 2.24) is 5.32 Å². The molecule has 1 unspecified atom stereocenters. The van der Waals surface area contributed by atoms with E-state index in [9.17, 15) is 0 Å². The Bertz CT molecular complexity index is 571. The SMILES string of the molecule is CNC(C)c1ccc(SCc2ccc(Cl)cc2)c(Br)c1. The van der Waals surface area contributed by atoms with Crippen molar-refractivity contribution in [1.29, 1.82) is 0 Å². The van der Waals surface area contributed by atoms with Crippen LogP contribution in [0.3, 0.4) is 0 Å². The van der Waals surface area contributed by atoms with Gasteiger partial charge in [0.2, 0.25) is 0 Å². The van der Waals surface area contributed by atoms with Crippen LogP contribution in [0, 0.1) is 0 Å². The van der Waals surface area contributed by atoms with Gasteiger partial charge < -0.3 is 5.32 Å². The summed E-state index contributed by atoms with van der Waals surface area (Å²) < 4.78 is 1.15. The third-order valence-corrected chi connectivity index (χ3v) is 5.51. The van der Waals surface area contributed by atoms with Gasteiger partial charge in [-0.1, -0.05) is 29.8 Å². The highest BCUT2D eigenvalue weighted by atomic mass is 79.9. The number of hydrogen-bond acceptors (Lipinski definition) is 2. The van der Waals surface area contributed by atoms with Gasteiger partial charge >= 0.3 is 0 Å². The molecule has 2 aromatic carbocycles. The van der Waals surface area contributed by atoms with Gasteiger partial charge in [-0.2, -0.15) is 0 Å². The van der Waals surface area contributed by atoms with Crippen LogP contribution in [0.4, 0.5) is 0 Å². The van der Waals surface area contributed by atoms with Crippen LogP contribution in [-0.4, -0.2) is 7.05 Å². The van der Waals surface area contributed by atoms with Gasteiger partial charge in [-0.25, -0.2) is 0 Å².